The first-order valence-electron chi connectivity index (χ1n) is 11.3. The molecule has 1 spiro atoms. The third kappa shape index (κ3) is 3.07. The van der Waals surface area contributed by atoms with Gasteiger partial charge in [0.15, 0.2) is 9.84 Å². The average molecular weight is 452 g/mol. The summed E-state index contributed by atoms with van der Waals surface area (Å²) in [5.41, 5.74) is -1.06. The normalized spacial score (nSPS) is 21.6. The highest BCUT2D eigenvalue weighted by atomic mass is 32.2. The van der Waals surface area contributed by atoms with Crippen LogP contribution in [0.5, 0.6) is 0 Å². The van der Waals surface area contributed by atoms with Gasteiger partial charge in [0, 0.05) is 77.4 Å². The van der Waals surface area contributed by atoms with Gasteiger partial charge in [0.05, 0.1) is 4.90 Å². The van der Waals surface area contributed by atoms with E-state index in [9.17, 15) is 22.0 Å². The number of rotatable bonds is 3. The molecule has 3 aromatic heterocycles. The molecule has 5 rings (SSSR count). The Morgan fingerprint density at radius 2 is 1.97 bits per heavy atom. The third-order valence-corrected chi connectivity index (χ3v) is 7.60. The molecule has 3 aromatic rings. The van der Waals surface area contributed by atoms with Crippen molar-refractivity contribution in [3.05, 3.63) is 41.1 Å². The standard InChI is InChI=1S/C21H22F2N4O3S/c1-26-11-16(14-3-6-24-17(14)19(26)28)15-9-13(31(2,29)30)10-25-18(15)27-7-4-20(5-8-27)12-21(20,22)23/h3,6,9-11,24H,4-5,7-8,12H2,1-2H3/i1D3. The minimum absolute atomic E-state index is 0.0551. The number of aromatic amines is 1. The highest BCUT2D eigenvalue weighted by Crippen LogP contribution is 2.66. The van der Waals surface area contributed by atoms with Crippen LogP contribution in [-0.2, 0) is 16.8 Å². The van der Waals surface area contributed by atoms with Crippen LogP contribution in [0, 0.1) is 5.41 Å². The monoisotopic (exact) mass is 451 g/mol. The van der Waals surface area contributed by atoms with E-state index in [0.29, 0.717) is 40.0 Å². The number of nitrogens with zero attached hydrogens (tertiary/aromatic N) is 3. The van der Waals surface area contributed by atoms with E-state index in [0.717, 1.165) is 6.26 Å². The van der Waals surface area contributed by atoms with Gasteiger partial charge in [-0.05, 0) is 25.0 Å². The summed E-state index contributed by atoms with van der Waals surface area (Å²) in [6, 6.07) is 2.99. The lowest BCUT2D eigenvalue weighted by atomic mass is 9.92. The van der Waals surface area contributed by atoms with Crippen molar-refractivity contribution in [3.63, 3.8) is 0 Å². The summed E-state index contributed by atoms with van der Waals surface area (Å²) in [6.07, 6.45) is 5.31. The van der Waals surface area contributed by atoms with E-state index in [2.05, 4.69) is 9.97 Å². The van der Waals surface area contributed by atoms with Gasteiger partial charge in [-0.1, -0.05) is 0 Å². The number of fused-ring (bicyclic) bond motifs is 1. The molecule has 0 amide bonds. The molecule has 0 aromatic carbocycles. The fourth-order valence-corrected chi connectivity index (χ4v) is 5.10. The summed E-state index contributed by atoms with van der Waals surface area (Å²) in [7, 11) is -3.66. The number of pyridine rings is 2. The van der Waals surface area contributed by atoms with Crippen LogP contribution in [0.4, 0.5) is 14.6 Å². The summed E-state index contributed by atoms with van der Waals surface area (Å²) in [5, 5.41) is 0.404. The Balaban J connectivity index is 1.70. The molecule has 1 saturated heterocycles. The second-order valence-corrected chi connectivity index (χ2v) is 10.5. The molecule has 1 aliphatic carbocycles. The molecule has 164 valence electrons. The van der Waals surface area contributed by atoms with E-state index < -0.39 is 33.7 Å². The highest BCUT2D eigenvalue weighted by molar-refractivity contribution is 7.90. The van der Waals surface area contributed by atoms with Gasteiger partial charge in [-0.2, -0.15) is 0 Å². The van der Waals surface area contributed by atoms with Crippen molar-refractivity contribution in [2.45, 2.75) is 30.1 Å². The topological polar surface area (TPSA) is 88.1 Å². The zero-order valence-electron chi connectivity index (χ0n) is 19.7. The predicted molar refractivity (Wildman–Crippen MR) is 113 cm³/mol. The Morgan fingerprint density at radius 1 is 1.26 bits per heavy atom. The number of nitrogens with one attached hydrogen (secondary N) is 1. The summed E-state index contributed by atoms with van der Waals surface area (Å²) in [6.45, 7) is -2.19. The van der Waals surface area contributed by atoms with Crippen LogP contribution >= 0.6 is 0 Å². The fraction of sp³-hybridized carbons (Fsp3) is 0.429. The molecule has 0 bridgehead atoms. The Labute approximate surface area is 181 Å². The third-order valence-electron chi connectivity index (χ3n) is 6.52. The van der Waals surface area contributed by atoms with Gasteiger partial charge in [0.25, 0.3) is 11.5 Å². The fourth-order valence-electron chi connectivity index (χ4n) is 4.52. The van der Waals surface area contributed by atoms with E-state index in [-0.39, 0.29) is 29.7 Å². The molecular formula is C21H22F2N4O3S. The van der Waals surface area contributed by atoms with E-state index in [1.54, 1.807) is 6.07 Å². The summed E-state index contributed by atoms with van der Waals surface area (Å²) in [5.74, 6) is -2.31. The molecule has 2 fully saturated rings. The molecule has 1 saturated carbocycles. The van der Waals surface area contributed by atoms with Crippen LogP contribution in [0.15, 0.2) is 40.4 Å². The lowest BCUT2D eigenvalue weighted by Crippen LogP contribution is -2.37. The van der Waals surface area contributed by atoms with Crippen molar-refractivity contribution in [3.8, 4) is 11.1 Å². The quantitative estimate of drug-likeness (QED) is 0.662. The number of H-pyrrole nitrogens is 1. The number of aryl methyl sites for hydroxylation is 1. The number of halogens is 2. The number of hydrogen-bond donors (Lipinski definition) is 1. The number of alkyl halides is 2. The maximum absolute atomic E-state index is 13.9. The molecular weight excluding hydrogens is 426 g/mol. The Bertz CT molecular complexity index is 1470. The van der Waals surface area contributed by atoms with Gasteiger partial charge >= 0.3 is 0 Å². The molecule has 0 radical (unpaired) electrons. The van der Waals surface area contributed by atoms with Crippen LogP contribution < -0.4 is 10.5 Å². The van der Waals surface area contributed by atoms with Crippen LogP contribution in [0.1, 0.15) is 23.4 Å². The van der Waals surface area contributed by atoms with Crippen molar-refractivity contribution in [1.82, 2.24) is 14.5 Å². The first-order valence-corrected chi connectivity index (χ1v) is 11.7. The van der Waals surface area contributed by atoms with Gasteiger partial charge in [0.1, 0.15) is 11.3 Å². The molecule has 1 N–H and O–H groups in total. The van der Waals surface area contributed by atoms with E-state index >= 15 is 0 Å². The van der Waals surface area contributed by atoms with Gasteiger partial charge in [0.2, 0.25) is 0 Å². The summed E-state index contributed by atoms with van der Waals surface area (Å²) in [4.78, 5) is 21.6. The van der Waals surface area contributed by atoms with E-state index in [1.807, 2.05) is 4.90 Å². The van der Waals surface area contributed by atoms with E-state index in [4.69, 9.17) is 4.11 Å². The number of anilines is 1. The van der Waals surface area contributed by atoms with Gasteiger partial charge < -0.3 is 14.5 Å². The maximum atomic E-state index is 13.9. The second-order valence-electron chi connectivity index (χ2n) is 8.45. The first kappa shape index (κ1) is 16.9. The van der Waals surface area contributed by atoms with Gasteiger partial charge in [-0.15, -0.1) is 0 Å². The van der Waals surface area contributed by atoms with Crippen molar-refractivity contribution in [2.24, 2.45) is 12.4 Å². The molecule has 1 aliphatic heterocycles. The largest absolute Gasteiger partial charge is 0.357 e. The smallest absolute Gasteiger partial charge is 0.274 e. The second kappa shape index (κ2) is 6.38. The van der Waals surface area contributed by atoms with Crippen molar-refractivity contribution in [2.75, 3.05) is 24.2 Å². The number of piperidine rings is 1. The Hall–Kier alpha value is -2.75. The zero-order valence-corrected chi connectivity index (χ0v) is 17.5. The maximum Gasteiger partial charge on any atom is 0.274 e. The lowest BCUT2D eigenvalue weighted by molar-refractivity contribution is 0.0536. The lowest BCUT2D eigenvalue weighted by Gasteiger charge is -2.34. The van der Waals surface area contributed by atoms with Crippen molar-refractivity contribution >= 4 is 26.6 Å². The minimum atomic E-state index is -3.66. The minimum Gasteiger partial charge on any atom is -0.357 e. The van der Waals surface area contributed by atoms with Crippen molar-refractivity contribution in [1.29, 1.82) is 0 Å². The predicted octanol–water partition coefficient (Wildman–Crippen LogP) is 2.96. The summed E-state index contributed by atoms with van der Waals surface area (Å²) >= 11 is 0. The zero-order chi connectivity index (χ0) is 24.7. The van der Waals surface area contributed by atoms with Gasteiger partial charge in [-0.3, -0.25) is 4.79 Å². The molecule has 0 atom stereocenters. The van der Waals surface area contributed by atoms with Gasteiger partial charge in [-0.25, -0.2) is 22.2 Å². The molecule has 7 nitrogen and oxygen atoms in total. The molecule has 2 aliphatic rings. The first-order chi connectivity index (χ1) is 15.7. The molecule has 10 heteroatoms. The summed E-state index contributed by atoms with van der Waals surface area (Å²) < 4.78 is 76.2. The van der Waals surface area contributed by atoms with Crippen LogP contribution in [0.2, 0.25) is 0 Å². The average Bonchev–Trinajstić information content (AvgIpc) is 3.07. The molecule has 4 heterocycles. The van der Waals surface area contributed by atoms with Crippen molar-refractivity contribution < 1.29 is 21.3 Å². The number of hydrogen-bond acceptors (Lipinski definition) is 5. The highest BCUT2D eigenvalue weighted by Gasteiger charge is 2.70. The number of sulfone groups is 1. The molecule has 31 heavy (non-hydrogen) atoms. The van der Waals surface area contributed by atoms with Crippen LogP contribution in [0.3, 0.4) is 0 Å². The van der Waals surface area contributed by atoms with Crippen LogP contribution in [-0.4, -0.2) is 48.2 Å². The van der Waals surface area contributed by atoms with Crippen LogP contribution in [0.25, 0.3) is 22.0 Å². The SMILES string of the molecule is [2H]C([2H])([2H])n1cc(-c2cc(S(C)(=O)=O)cnc2N2CCC3(CC2)CC3(F)F)c2cc[nH]c2c1=O. The molecule has 0 unspecified atom stereocenters. The Kier molecular flexibility index (Phi) is 3.47. The number of aromatic nitrogens is 3. The Morgan fingerprint density at radius 3 is 2.58 bits per heavy atom. The van der Waals surface area contributed by atoms with E-state index in [1.165, 1.54) is 24.7 Å².